The molecule has 0 saturated heterocycles. The molecule has 0 aliphatic carbocycles. The summed E-state index contributed by atoms with van der Waals surface area (Å²) >= 11 is 0. The Labute approximate surface area is 189 Å². The van der Waals surface area contributed by atoms with E-state index < -0.39 is 17.8 Å². The van der Waals surface area contributed by atoms with Gasteiger partial charge >= 0.3 is 0 Å². The fourth-order valence-electron chi connectivity index (χ4n) is 1.89. The molecule has 1 atom stereocenters. The van der Waals surface area contributed by atoms with Crippen LogP contribution in [0.1, 0.15) is 70.3 Å². The summed E-state index contributed by atoms with van der Waals surface area (Å²) in [6.07, 6.45) is 3.48. The van der Waals surface area contributed by atoms with E-state index in [9.17, 15) is 9.18 Å². The van der Waals surface area contributed by atoms with Crippen LogP contribution in [0.2, 0.25) is 0 Å². The van der Waals surface area contributed by atoms with Crippen molar-refractivity contribution < 1.29 is 19.4 Å². The highest BCUT2D eigenvalue weighted by molar-refractivity contribution is 5.96. The highest BCUT2D eigenvalue weighted by atomic mass is 19.1. The van der Waals surface area contributed by atoms with Crippen molar-refractivity contribution in [2.75, 3.05) is 6.61 Å². The van der Waals surface area contributed by atoms with Crippen LogP contribution < -0.4 is 5.32 Å². The van der Waals surface area contributed by atoms with E-state index in [2.05, 4.69) is 38.6 Å². The smallest absolute Gasteiger partial charge is 0.255 e. The van der Waals surface area contributed by atoms with Crippen LogP contribution in [0.15, 0.2) is 68.0 Å². The van der Waals surface area contributed by atoms with Gasteiger partial charge in [-0.3, -0.25) is 4.79 Å². The number of nitrogens with one attached hydrogen (secondary N) is 1. The van der Waals surface area contributed by atoms with E-state index in [1.807, 2.05) is 34.6 Å². The quantitative estimate of drug-likeness (QED) is 0.243. The van der Waals surface area contributed by atoms with Crippen molar-refractivity contribution >= 4 is 5.91 Å². The van der Waals surface area contributed by atoms with E-state index in [1.165, 1.54) is 23.8 Å². The first-order valence-corrected chi connectivity index (χ1v) is 10.6. The molecule has 1 aromatic rings. The molecule has 1 aromatic carbocycles. The van der Waals surface area contributed by atoms with Crippen molar-refractivity contribution in [1.82, 2.24) is 5.32 Å². The standard InChI is InChI=1S/C15H18FNO3.C5H10.2C2H6.C2H4/c1-3-11(9-19)13(7-8-18)17-15(20)14-10(2)5-4-6-12(14)16;1-4-5(2)3;3*1-2/h3-6,9,13,18-19H,1,7-8H2,2H3,(H,17,20);2,4H2,1,3H3;2*1-2H3;1-2H2/b11-9-;;;;. The fourth-order valence-corrected chi connectivity index (χ4v) is 1.89. The zero-order valence-corrected chi connectivity index (χ0v) is 20.6. The zero-order valence-electron chi connectivity index (χ0n) is 20.6. The van der Waals surface area contributed by atoms with E-state index in [1.54, 1.807) is 13.0 Å². The molecule has 178 valence electrons. The lowest BCUT2D eigenvalue weighted by molar-refractivity contribution is 0.0933. The molecule has 1 amide bonds. The first-order chi connectivity index (χ1) is 14.8. The first kappa shape index (κ1) is 35.8. The van der Waals surface area contributed by atoms with Gasteiger partial charge in [-0.15, -0.1) is 19.7 Å². The first-order valence-electron chi connectivity index (χ1n) is 10.6. The van der Waals surface area contributed by atoms with E-state index in [0.717, 1.165) is 12.7 Å². The van der Waals surface area contributed by atoms with E-state index >= 15 is 0 Å². The number of benzene rings is 1. The Kier molecular flexibility index (Phi) is 29.3. The summed E-state index contributed by atoms with van der Waals surface area (Å²) in [6, 6.07) is 3.73. The molecular weight excluding hydrogens is 393 g/mol. The number of aliphatic hydroxyl groups excluding tert-OH is 2. The number of hydrogen-bond donors (Lipinski definition) is 3. The molecule has 0 bridgehead atoms. The van der Waals surface area contributed by atoms with Crippen molar-refractivity contribution in [3.05, 3.63) is 84.9 Å². The number of hydrogen-bond acceptors (Lipinski definition) is 3. The Bertz CT molecular complexity index is 619. The summed E-state index contributed by atoms with van der Waals surface area (Å²) in [5.74, 6) is -1.21. The lowest BCUT2D eigenvalue weighted by Gasteiger charge is -2.19. The molecule has 31 heavy (non-hydrogen) atoms. The molecule has 0 aromatic heterocycles. The van der Waals surface area contributed by atoms with Crippen molar-refractivity contribution in [3.63, 3.8) is 0 Å². The SMILES string of the molecule is C=C.C=C(C)CC.C=C/C(=C/O)C(CCO)NC(=O)c1c(C)cccc1F.CC.CC. The Balaban J connectivity index is -0.000000280. The largest absolute Gasteiger partial charge is 0.515 e. The summed E-state index contributed by atoms with van der Waals surface area (Å²) < 4.78 is 13.7. The van der Waals surface area contributed by atoms with Gasteiger partial charge in [0.1, 0.15) is 5.82 Å². The van der Waals surface area contributed by atoms with Crippen LogP contribution in [0.4, 0.5) is 4.39 Å². The predicted molar refractivity (Wildman–Crippen MR) is 134 cm³/mol. The third kappa shape index (κ3) is 16.8. The monoisotopic (exact) mass is 437 g/mol. The zero-order chi connectivity index (χ0) is 25.4. The van der Waals surface area contributed by atoms with Gasteiger partial charge in [0, 0.05) is 12.2 Å². The van der Waals surface area contributed by atoms with Gasteiger partial charge in [-0.05, 0) is 38.3 Å². The molecule has 0 heterocycles. The fraction of sp³-hybridized carbons (Fsp3) is 0.423. The predicted octanol–water partition coefficient (Wildman–Crippen LogP) is 7.07. The second-order valence-corrected chi connectivity index (χ2v) is 5.61. The molecule has 3 N–H and O–H groups in total. The summed E-state index contributed by atoms with van der Waals surface area (Å²) in [5.41, 5.74) is 2.07. The van der Waals surface area contributed by atoms with Crippen LogP contribution in [0.25, 0.3) is 0 Å². The maximum atomic E-state index is 13.7. The minimum absolute atomic E-state index is 0.0446. The summed E-state index contributed by atoms with van der Waals surface area (Å²) in [6.45, 7) is 26.8. The van der Waals surface area contributed by atoms with Crippen LogP contribution in [0.5, 0.6) is 0 Å². The van der Waals surface area contributed by atoms with Crippen LogP contribution in [0.3, 0.4) is 0 Å². The number of carbonyl (C=O) groups excluding carboxylic acids is 1. The Hall–Kier alpha value is -2.66. The molecular formula is C26H44FNO3. The van der Waals surface area contributed by atoms with Gasteiger partial charge in [0.25, 0.3) is 5.91 Å². The van der Waals surface area contributed by atoms with Crippen molar-refractivity contribution in [3.8, 4) is 0 Å². The highest BCUT2D eigenvalue weighted by Crippen LogP contribution is 2.14. The third-order valence-corrected chi connectivity index (χ3v) is 3.56. The number of aliphatic hydroxyl groups is 2. The summed E-state index contributed by atoms with van der Waals surface area (Å²) in [7, 11) is 0. The molecule has 0 aliphatic heterocycles. The van der Waals surface area contributed by atoms with E-state index in [0.29, 0.717) is 11.1 Å². The summed E-state index contributed by atoms with van der Waals surface area (Å²) in [5, 5.41) is 20.7. The van der Waals surface area contributed by atoms with E-state index in [-0.39, 0.29) is 18.6 Å². The van der Waals surface area contributed by atoms with Gasteiger partial charge in [0.15, 0.2) is 0 Å². The van der Waals surface area contributed by atoms with Gasteiger partial charge in [-0.25, -0.2) is 4.39 Å². The molecule has 0 radical (unpaired) electrons. The minimum Gasteiger partial charge on any atom is -0.515 e. The molecule has 1 unspecified atom stereocenters. The number of halogens is 1. The van der Waals surface area contributed by atoms with Gasteiger partial charge in [-0.1, -0.05) is 65.0 Å². The number of amides is 1. The van der Waals surface area contributed by atoms with Crippen molar-refractivity contribution in [2.24, 2.45) is 0 Å². The lowest BCUT2D eigenvalue weighted by Crippen LogP contribution is -2.37. The maximum absolute atomic E-state index is 13.7. The normalized spacial score (nSPS) is 10.0. The Morgan fingerprint density at radius 3 is 2.03 bits per heavy atom. The van der Waals surface area contributed by atoms with Gasteiger partial charge in [0.05, 0.1) is 17.9 Å². The highest BCUT2D eigenvalue weighted by Gasteiger charge is 2.20. The Morgan fingerprint density at radius 2 is 1.71 bits per heavy atom. The minimum atomic E-state index is -0.631. The van der Waals surface area contributed by atoms with Crippen LogP contribution in [0, 0.1) is 12.7 Å². The van der Waals surface area contributed by atoms with Gasteiger partial charge in [-0.2, -0.15) is 0 Å². The molecule has 0 spiro atoms. The molecule has 5 heteroatoms. The molecule has 0 fully saturated rings. The third-order valence-electron chi connectivity index (χ3n) is 3.56. The van der Waals surface area contributed by atoms with Crippen molar-refractivity contribution in [1.29, 1.82) is 0 Å². The van der Waals surface area contributed by atoms with Crippen molar-refractivity contribution in [2.45, 2.75) is 67.3 Å². The Morgan fingerprint density at radius 1 is 1.23 bits per heavy atom. The average molecular weight is 438 g/mol. The number of carbonyl (C=O) groups is 1. The summed E-state index contributed by atoms with van der Waals surface area (Å²) in [4.78, 5) is 12.1. The average Bonchev–Trinajstić information content (AvgIpc) is 2.79. The maximum Gasteiger partial charge on any atom is 0.255 e. The second kappa shape index (κ2) is 25.4. The van der Waals surface area contributed by atoms with Crippen LogP contribution in [-0.2, 0) is 0 Å². The number of aryl methyl sites for hydroxylation is 1. The molecule has 1 rings (SSSR count). The second-order valence-electron chi connectivity index (χ2n) is 5.61. The molecule has 0 aliphatic rings. The van der Waals surface area contributed by atoms with Gasteiger partial charge < -0.3 is 15.5 Å². The lowest BCUT2D eigenvalue weighted by atomic mass is 10.0. The van der Waals surface area contributed by atoms with Gasteiger partial charge in [0.2, 0.25) is 0 Å². The van der Waals surface area contributed by atoms with Crippen LogP contribution >= 0.6 is 0 Å². The van der Waals surface area contributed by atoms with E-state index in [4.69, 9.17) is 10.2 Å². The molecule has 0 saturated carbocycles. The number of allylic oxidation sites excluding steroid dienone is 1. The number of rotatable bonds is 7. The van der Waals surface area contributed by atoms with Crippen LogP contribution in [-0.4, -0.2) is 28.8 Å². The molecule has 4 nitrogen and oxygen atoms in total. The topological polar surface area (TPSA) is 69.6 Å².